The lowest BCUT2D eigenvalue weighted by atomic mass is 10.1. The van der Waals surface area contributed by atoms with Crippen molar-refractivity contribution in [3.63, 3.8) is 0 Å². The van der Waals surface area contributed by atoms with E-state index in [0.29, 0.717) is 5.76 Å². The third-order valence-corrected chi connectivity index (χ3v) is 2.14. The van der Waals surface area contributed by atoms with E-state index in [0.717, 1.165) is 11.1 Å². The van der Waals surface area contributed by atoms with Crippen LogP contribution >= 0.6 is 0 Å². The molecule has 2 rings (SSSR count). The molecule has 0 N–H and O–H groups in total. The third kappa shape index (κ3) is 2.06. The summed E-state index contributed by atoms with van der Waals surface area (Å²) in [5, 5.41) is 0. The third-order valence-electron chi connectivity index (χ3n) is 2.14. The summed E-state index contributed by atoms with van der Waals surface area (Å²) in [4.78, 5) is 0. The van der Waals surface area contributed by atoms with Crippen LogP contribution in [-0.4, -0.2) is 0 Å². The van der Waals surface area contributed by atoms with Crippen LogP contribution in [0.5, 0.6) is 0 Å². The Balaban J connectivity index is 2.37. The highest BCUT2D eigenvalue weighted by atomic mass is 19.3. The van der Waals surface area contributed by atoms with Gasteiger partial charge < -0.3 is 4.42 Å². The van der Waals surface area contributed by atoms with E-state index >= 15 is 0 Å². The molecular weight excluding hydrogens is 198 g/mol. The quantitative estimate of drug-likeness (QED) is 0.721. The van der Waals surface area contributed by atoms with Crippen LogP contribution in [0.15, 0.2) is 40.8 Å². The molecule has 1 aromatic heterocycles. The Kier molecular flexibility index (Phi) is 2.54. The Morgan fingerprint density at radius 2 is 1.93 bits per heavy atom. The van der Waals surface area contributed by atoms with E-state index in [2.05, 4.69) is 0 Å². The zero-order chi connectivity index (χ0) is 10.8. The van der Waals surface area contributed by atoms with E-state index < -0.39 is 6.43 Å². The van der Waals surface area contributed by atoms with Gasteiger partial charge >= 0.3 is 0 Å². The molecular formula is C12H10F2O. The molecule has 0 saturated carbocycles. The largest absolute Gasteiger partial charge is 0.455 e. The maximum absolute atomic E-state index is 12.3. The zero-order valence-corrected chi connectivity index (χ0v) is 8.21. The Morgan fingerprint density at radius 3 is 2.53 bits per heavy atom. The first-order valence-corrected chi connectivity index (χ1v) is 4.62. The molecule has 0 aliphatic heterocycles. The minimum atomic E-state index is -2.55. The second kappa shape index (κ2) is 3.85. The molecule has 78 valence electrons. The number of benzene rings is 1. The van der Waals surface area contributed by atoms with Crippen LogP contribution in [-0.2, 0) is 0 Å². The van der Waals surface area contributed by atoms with Crippen LogP contribution in [0.2, 0.25) is 0 Å². The number of aryl methyl sites for hydroxylation is 1. The Morgan fingerprint density at radius 1 is 1.13 bits per heavy atom. The van der Waals surface area contributed by atoms with Gasteiger partial charge in [0.25, 0.3) is 6.43 Å². The molecule has 1 nitrogen and oxygen atoms in total. The van der Waals surface area contributed by atoms with Crippen LogP contribution in [0.4, 0.5) is 8.78 Å². The highest BCUT2D eigenvalue weighted by Crippen LogP contribution is 2.27. The van der Waals surface area contributed by atoms with Gasteiger partial charge in [-0.15, -0.1) is 0 Å². The molecule has 1 heterocycles. The van der Waals surface area contributed by atoms with Crippen molar-refractivity contribution < 1.29 is 13.2 Å². The van der Waals surface area contributed by atoms with Crippen molar-refractivity contribution in [3.05, 3.63) is 47.7 Å². The highest BCUT2D eigenvalue weighted by molar-refractivity contribution is 5.58. The SMILES string of the molecule is Cc1cccc(-c2ccc(C(F)F)o2)c1. The van der Waals surface area contributed by atoms with E-state index in [9.17, 15) is 8.78 Å². The van der Waals surface area contributed by atoms with Gasteiger partial charge in [0, 0.05) is 5.56 Å². The first-order chi connectivity index (χ1) is 7.16. The predicted molar refractivity (Wildman–Crippen MR) is 53.8 cm³/mol. The first kappa shape index (κ1) is 9.90. The predicted octanol–water partition coefficient (Wildman–Crippen LogP) is 4.19. The molecule has 3 heteroatoms. The molecule has 15 heavy (non-hydrogen) atoms. The summed E-state index contributed by atoms with van der Waals surface area (Å²) < 4.78 is 29.6. The molecule has 0 aliphatic rings. The number of halogens is 2. The van der Waals surface area contributed by atoms with Gasteiger partial charge in [0.05, 0.1) is 0 Å². The van der Waals surface area contributed by atoms with Gasteiger partial charge in [-0.25, -0.2) is 8.78 Å². The molecule has 0 atom stereocenters. The summed E-state index contributed by atoms with van der Waals surface area (Å²) in [5.74, 6) is 0.195. The lowest BCUT2D eigenvalue weighted by Gasteiger charge is -1.98. The van der Waals surface area contributed by atoms with Crippen molar-refractivity contribution >= 4 is 0 Å². The van der Waals surface area contributed by atoms with Crippen molar-refractivity contribution in [3.8, 4) is 11.3 Å². The van der Waals surface area contributed by atoms with Crippen LogP contribution in [0.3, 0.4) is 0 Å². The van der Waals surface area contributed by atoms with Crippen molar-refractivity contribution in [1.82, 2.24) is 0 Å². The summed E-state index contributed by atoms with van der Waals surface area (Å²) in [7, 11) is 0. The second-order valence-corrected chi connectivity index (χ2v) is 3.37. The van der Waals surface area contributed by atoms with Crippen molar-refractivity contribution in [2.45, 2.75) is 13.3 Å². The van der Waals surface area contributed by atoms with E-state index in [1.54, 1.807) is 6.07 Å². The standard InChI is InChI=1S/C12H10F2O/c1-8-3-2-4-9(7-8)10-5-6-11(15-10)12(13)14/h2-7,12H,1H3. The van der Waals surface area contributed by atoms with Crippen molar-refractivity contribution in [2.24, 2.45) is 0 Å². The average Bonchev–Trinajstić information content (AvgIpc) is 2.66. The summed E-state index contributed by atoms with van der Waals surface area (Å²) in [6.45, 7) is 1.94. The summed E-state index contributed by atoms with van der Waals surface area (Å²) in [6.07, 6.45) is -2.55. The van der Waals surface area contributed by atoms with Crippen molar-refractivity contribution in [2.75, 3.05) is 0 Å². The van der Waals surface area contributed by atoms with Gasteiger partial charge in [-0.2, -0.15) is 0 Å². The van der Waals surface area contributed by atoms with E-state index in [1.165, 1.54) is 6.07 Å². The minimum Gasteiger partial charge on any atom is -0.455 e. The molecule has 0 bridgehead atoms. The number of furan rings is 1. The molecule has 0 fully saturated rings. The van der Waals surface area contributed by atoms with Crippen molar-refractivity contribution in [1.29, 1.82) is 0 Å². The lowest BCUT2D eigenvalue weighted by Crippen LogP contribution is -1.78. The normalized spacial score (nSPS) is 10.9. The van der Waals surface area contributed by atoms with Gasteiger partial charge in [0.15, 0.2) is 5.76 Å². The average molecular weight is 208 g/mol. The molecule has 2 aromatic rings. The van der Waals surface area contributed by atoms with Gasteiger partial charge in [0.2, 0.25) is 0 Å². The van der Waals surface area contributed by atoms with Gasteiger partial charge in [-0.3, -0.25) is 0 Å². The topological polar surface area (TPSA) is 13.1 Å². The fraction of sp³-hybridized carbons (Fsp3) is 0.167. The monoisotopic (exact) mass is 208 g/mol. The lowest BCUT2D eigenvalue weighted by molar-refractivity contribution is 0.123. The van der Waals surface area contributed by atoms with Crippen LogP contribution in [0.25, 0.3) is 11.3 Å². The molecule has 0 amide bonds. The van der Waals surface area contributed by atoms with Gasteiger partial charge in [-0.05, 0) is 25.1 Å². The van der Waals surface area contributed by atoms with Crippen LogP contribution < -0.4 is 0 Å². The van der Waals surface area contributed by atoms with Gasteiger partial charge in [-0.1, -0.05) is 23.8 Å². The maximum Gasteiger partial charge on any atom is 0.295 e. The highest BCUT2D eigenvalue weighted by Gasteiger charge is 2.12. The zero-order valence-electron chi connectivity index (χ0n) is 8.21. The Hall–Kier alpha value is -1.64. The van der Waals surface area contributed by atoms with Crippen LogP contribution in [0.1, 0.15) is 17.7 Å². The molecule has 0 aliphatic carbocycles. The fourth-order valence-electron chi connectivity index (χ4n) is 1.42. The first-order valence-electron chi connectivity index (χ1n) is 4.62. The molecule has 0 saturated heterocycles. The van der Waals surface area contributed by atoms with E-state index in [4.69, 9.17) is 4.42 Å². The summed E-state index contributed by atoms with van der Waals surface area (Å²) in [5.41, 5.74) is 1.89. The number of rotatable bonds is 2. The Bertz CT molecular complexity index is 460. The summed E-state index contributed by atoms with van der Waals surface area (Å²) in [6, 6.07) is 10.4. The molecule has 1 aromatic carbocycles. The smallest absolute Gasteiger partial charge is 0.295 e. The van der Waals surface area contributed by atoms with Crippen LogP contribution in [0, 0.1) is 6.92 Å². The molecule has 0 unspecified atom stereocenters. The Labute approximate surface area is 86.3 Å². The second-order valence-electron chi connectivity index (χ2n) is 3.37. The van der Waals surface area contributed by atoms with Gasteiger partial charge in [0.1, 0.15) is 5.76 Å². The number of alkyl halides is 2. The van der Waals surface area contributed by atoms with E-state index in [-0.39, 0.29) is 5.76 Å². The summed E-state index contributed by atoms with van der Waals surface area (Å²) >= 11 is 0. The minimum absolute atomic E-state index is 0.286. The van der Waals surface area contributed by atoms with E-state index in [1.807, 2.05) is 31.2 Å². The molecule has 0 radical (unpaired) electrons. The molecule has 0 spiro atoms. The fourth-order valence-corrected chi connectivity index (χ4v) is 1.42. The maximum atomic E-state index is 12.3. The number of hydrogen-bond acceptors (Lipinski definition) is 1. The number of hydrogen-bond donors (Lipinski definition) is 0.